The number of benzene rings is 2. The van der Waals surface area contributed by atoms with E-state index in [4.69, 9.17) is 10.5 Å². The van der Waals surface area contributed by atoms with E-state index in [1.165, 1.54) is 6.33 Å². The Labute approximate surface area is 221 Å². The summed E-state index contributed by atoms with van der Waals surface area (Å²) in [5, 5.41) is 10.4. The standard InChI is InChI=1S/C30H28N6O2/c31-16-22(15-20-8-9-20)30(37)36-14-4-5-23(36)17-35-18-26(27-28(32)33-19-34-29(27)35)21-10-12-25(13-11-21)38-24-6-2-1-3-7-24/h1-3,6-7,10-13,15,18-20,23H,4-5,8-9,14,17H2,(H2,32,33,34)/b22-15+/t23-/m0/s1. The van der Waals surface area contributed by atoms with Crippen molar-refractivity contribution in [3.05, 3.63) is 78.8 Å². The summed E-state index contributed by atoms with van der Waals surface area (Å²) in [4.78, 5) is 23.9. The number of aromatic nitrogens is 3. The fourth-order valence-corrected chi connectivity index (χ4v) is 5.16. The van der Waals surface area contributed by atoms with Gasteiger partial charge in [-0.15, -0.1) is 0 Å². The minimum atomic E-state index is -0.165. The van der Waals surface area contributed by atoms with E-state index in [9.17, 15) is 10.1 Å². The van der Waals surface area contributed by atoms with Crippen LogP contribution in [0, 0.1) is 17.2 Å². The topological polar surface area (TPSA) is 110 Å². The van der Waals surface area contributed by atoms with E-state index in [2.05, 4.69) is 20.6 Å². The molecule has 2 fully saturated rings. The lowest BCUT2D eigenvalue weighted by Crippen LogP contribution is -2.38. The molecule has 1 amide bonds. The Balaban J connectivity index is 1.29. The van der Waals surface area contributed by atoms with Gasteiger partial charge < -0.3 is 19.9 Å². The molecule has 1 saturated heterocycles. The van der Waals surface area contributed by atoms with E-state index in [0.29, 0.717) is 24.8 Å². The summed E-state index contributed by atoms with van der Waals surface area (Å²) < 4.78 is 8.00. The molecule has 3 heterocycles. The minimum absolute atomic E-state index is 0.0280. The van der Waals surface area contributed by atoms with Gasteiger partial charge in [0.1, 0.15) is 40.9 Å². The maximum absolute atomic E-state index is 13.2. The molecule has 0 spiro atoms. The number of carbonyl (C=O) groups is 1. The molecule has 2 aliphatic rings. The number of nitrogens with two attached hydrogens (primary N) is 1. The molecule has 8 heteroatoms. The van der Waals surface area contributed by atoms with E-state index in [0.717, 1.165) is 59.3 Å². The van der Waals surface area contributed by atoms with Crippen molar-refractivity contribution in [2.24, 2.45) is 5.92 Å². The van der Waals surface area contributed by atoms with Crippen LogP contribution in [0.3, 0.4) is 0 Å². The summed E-state index contributed by atoms with van der Waals surface area (Å²) in [5.41, 5.74) is 9.22. The molecule has 0 bridgehead atoms. The molecule has 1 aliphatic heterocycles. The van der Waals surface area contributed by atoms with E-state index >= 15 is 0 Å². The van der Waals surface area contributed by atoms with Gasteiger partial charge in [0.2, 0.25) is 0 Å². The Kier molecular flexibility index (Phi) is 6.26. The van der Waals surface area contributed by atoms with Crippen LogP contribution < -0.4 is 10.5 Å². The van der Waals surface area contributed by atoms with Gasteiger partial charge in [0.15, 0.2) is 0 Å². The normalized spacial score (nSPS) is 17.5. The second kappa shape index (κ2) is 10.0. The molecule has 0 unspecified atom stereocenters. The number of anilines is 1. The monoisotopic (exact) mass is 504 g/mol. The average molecular weight is 505 g/mol. The highest BCUT2D eigenvalue weighted by atomic mass is 16.5. The number of rotatable bonds is 7. The molecule has 2 aromatic heterocycles. The highest BCUT2D eigenvalue weighted by Crippen LogP contribution is 2.35. The summed E-state index contributed by atoms with van der Waals surface area (Å²) >= 11 is 0. The fraction of sp³-hybridized carbons (Fsp3) is 0.267. The number of amides is 1. The number of hydrogen-bond donors (Lipinski definition) is 1. The van der Waals surface area contributed by atoms with Gasteiger partial charge in [-0.3, -0.25) is 4.79 Å². The predicted molar refractivity (Wildman–Crippen MR) is 145 cm³/mol. The van der Waals surface area contributed by atoms with Gasteiger partial charge in [-0.1, -0.05) is 36.4 Å². The number of hydrogen-bond acceptors (Lipinski definition) is 6. The number of nitrogen functional groups attached to an aromatic ring is 1. The zero-order chi connectivity index (χ0) is 26.1. The molecular formula is C30H28N6O2. The number of allylic oxidation sites excluding steroid dienone is 1. The van der Waals surface area contributed by atoms with E-state index in [1.54, 1.807) is 0 Å². The third-order valence-corrected chi connectivity index (χ3v) is 7.25. The number of likely N-dealkylation sites (tertiary alicyclic amines) is 1. The van der Waals surface area contributed by atoms with Crippen LogP contribution in [0.15, 0.2) is 78.8 Å². The quantitative estimate of drug-likeness (QED) is 0.269. The van der Waals surface area contributed by atoms with Crippen LogP contribution in [0.25, 0.3) is 22.2 Å². The average Bonchev–Trinajstić information content (AvgIpc) is 3.52. The Morgan fingerprint density at radius 1 is 1.08 bits per heavy atom. The van der Waals surface area contributed by atoms with Crippen molar-refractivity contribution >= 4 is 22.8 Å². The third kappa shape index (κ3) is 4.71. The van der Waals surface area contributed by atoms with Gasteiger partial charge in [-0.2, -0.15) is 5.26 Å². The summed E-state index contributed by atoms with van der Waals surface area (Å²) in [5.74, 6) is 2.13. The summed E-state index contributed by atoms with van der Waals surface area (Å²) in [6, 6.07) is 19.6. The third-order valence-electron chi connectivity index (χ3n) is 7.25. The molecular weight excluding hydrogens is 476 g/mol. The smallest absolute Gasteiger partial charge is 0.264 e. The number of carbonyl (C=O) groups excluding carboxylic acids is 1. The van der Waals surface area contributed by atoms with Crippen LogP contribution in [-0.2, 0) is 11.3 Å². The maximum Gasteiger partial charge on any atom is 0.264 e. The van der Waals surface area contributed by atoms with Crippen molar-refractivity contribution in [3.8, 4) is 28.7 Å². The first kappa shape index (κ1) is 23.7. The lowest BCUT2D eigenvalue weighted by atomic mass is 10.1. The highest BCUT2D eigenvalue weighted by Gasteiger charge is 2.33. The van der Waals surface area contributed by atoms with Gasteiger partial charge >= 0.3 is 0 Å². The summed E-state index contributed by atoms with van der Waals surface area (Å²) in [6.07, 6.45) is 9.24. The SMILES string of the molecule is N#C/C(=C\C1CC1)C(=O)N1CCC[C@H]1Cn1cc(-c2ccc(Oc3ccccc3)cc2)c2c(N)ncnc21. The van der Waals surface area contributed by atoms with Gasteiger partial charge in [0.05, 0.1) is 11.4 Å². The Hall–Kier alpha value is -4.64. The van der Waals surface area contributed by atoms with Crippen molar-refractivity contribution in [2.45, 2.75) is 38.3 Å². The first-order chi connectivity index (χ1) is 18.6. The molecule has 1 aliphatic carbocycles. The van der Waals surface area contributed by atoms with Gasteiger partial charge in [0, 0.05) is 24.8 Å². The summed E-state index contributed by atoms with van der Waals surface area (Å²) in [7, 11) is 0. The van der Waals surface area contributed by atoms with Crippen LogP contribution in [0.1, 0.15) is 25.7 Å². The van der Waals surface area contributed by atoms with E-state index < -0.39 is 0 Å². The van der Waals surface area contributed by atoms with E-state index in [-0.39, 0.29) is 17.5 Å². The molecule has 1 saturated carbocycles. The fourth-order valence-electron chi connectivity index (χ4n) is 5.16. The second-order valence-electron chi connectivity index (χ2n) is 9.92. The number of para-hydroxylation sites is 1. The molecule has 0 radical (unpaired) electrons. The number of nitrogens with zero attached hydrogens (tertiary/aromatic N) is 5. The second-order valence-corrected chi connectivity index (χ2v) is 9.92. The van der Waals surface area contributed by atoms with Gasteiger partial charge in [0.25, 0.3) is 5.91 Å². The van der Waals surface area contributed by atoms with Gasteiger partial charge in [-0.05, 0) is 61.4 Å². The minimum Gasteiger partial charge on any atom is -0.457 e. The van der Waals surface area contributed by atoms with Crippen LogP contribution in [0.5, 0.6) is 11.5 Å². The van der Waals surface area contributed by atoms with Crippen LogP contribution in [0.2, 0.25) is 0 Å². The Bertz CT molecular complexity index is 1550. The van der Waals surface area contributed by atoms with Crippen molar-refractivity contribution in [1.29, 1.82) is 5.26 Å². The van der Waals surface area contributed by atoms with Crippen molar-refractivity contribution in [1.82, 2.24) is 19.4 Å². The summed E-state index contributed by atoms with van der Waals surface area (Å²) in [6.45, 7) is 1.22. The van der Waals surface area contributed by atoms with Crippen LogP contribution in [-0.4, -0.2) is 37.9 Å². The first-order valence-corrected chi connectivity index (χ1v) is 13.0. The predicted octanol–water partition coefficient (Wildman–Crippen LogP) is 5.32. The molecule has 190 valence electrons. The molecule has 6 rings (SSSR count). The first-order valence-electron chi connectivity index (χ1n) is 13.0. The van der Waals surface area contributed by atoms with Gasteiger partial charge in [-0.25, -0.2) is 9.97 Å². The lowest BCUT2D eigenvalue weighted by molar-refractivity contribution is -0.127. The molecule has 38 heavy (non-hydrogen) atoms. The number of fused-ring (bicyclic) bond motifs is 1. The van der Waals surface area contributed by atoms with Crippen molar-refractivity contribution in [2.75, 3.05) is 12.3 Å². The number of nitriles is 1. The lowest BCUT2D eigenvalue weighted by Gasteiger charge is -2.25. The van der Waals surface area contributed by atoms with Crippen LogP contribution >= 0.6 is 0 Å². The molecule has 2 aromatic carbocycles. The molecule has 4 aromatic rings. The molecule has 2 N–H and O–H groups in total. The van der Waals surface area contributed by atoms with Crippen LogP contribution in [0.4, 0.5) is 5.82 Å². The zero-order valence-corrected chi connectivity index (χ0v) is 21.0. The van der Waals surface area contributed by atoms with Crippen molar-refractivity contribution < 1.29 is 9.53 Å². The zero-order valence-electron chi connectivity index (χ0n) is 21.0. The molecule has 8 nitrogen and oxygen atoms in total. The van der Waals surface area contributed by atoms with E-state index in [1.807, 2.05) is 71.8 Å². The highest BCUT2D eigenvalue weighted by molar-refractivity contribution is 6.01. The Morgan fingerprint density at radius 3 is 2.58 bits per heavy atom. The maximum atomic E-state index is 13.2. The largest absolute Gasteiger partial charge is 0.457 e. The number of ether oxygens (including phenoxy) is 1. The van der Waals surface area contributed by atoms with Crippen molar-refractivity contribution in [3.63, 3.8) is 0 Å². The Morgan fingerprint density at radius 2 is 1.84 bits per heavy atom. The molecule has 1 atom stereocenters.